The molecule has 0 saturated carbocycles. The molecule has 8 heteroatoms. The Kier molecular flexibility index (Phi) is 7.36. The van der Waals surface area contributed by atoms with Gasteiger partial charge in [0.25, 0.3) is 0 Å². The van der Waals surface area contributed by atoms with Crippen LogP contribution in [0.25, 0.3) is 0 Å². The van der Waals surface area contributed by atoms with Crippen LogP contribution in [0.5, 0.6) is 0 Å². The fraction of sp³-hybridized carbons (Fsp3) is 0.500. The Morgan fingerprint density at radius 3 is 2.81 bits per heavy atom. The van der Waals surface area contributed by atoms with Crippen molar-refractivity contribution in [1.82, 2.24) is 14.5 Å². The van der Waals surface area contributed by atoms with Crippen molar-refractivity contribution in [3.63, 3.8) is 0 Å². The lowest BCUT2D eigenvalue weighted by Crippen LogP contribution is -2.35. The van der Waals surface area contributed by atoms with Gasteiger partial charge < -0.3 is 9.47 Å². The van der Waals surface area contributed by atoms with E-state index in [2.05, 4.69) is 50.7 Å². The standard InChI is InChI=1S/C28H34N8/c1-3-21-6-8-25(9-7-22(21)19-36-15-12-30-20(36)2)33-28-31-11-10-26(34-28)24-16-23(17-29)27(32-18-24)35-13-4-5-14-35/h7,9,11-12,15-16,23,28H,3-6,8,10,13-14,18-19H2,1-2H3. The van der Waals surface area contributed by atoms with Crippen LogP contribution in [-0.2, 0) is 6.54 Å². The van der Waals surface area contributed by atoms with E-state index in [4.69, 9.17) is 15.0 Å². The normalized spacial score (nSPS) is 25.5. The molecule has 2 unspecified atom stereocenters. The molecule has 5 rings (SSSR count). The number of aliphatic imine (C=N–C) groups is 4. The number of dihydropyridines is 1. The Hall–Kier alpha value is -3.60. The third kappa shape index (κ3) is 5.30. The third-order valence-corrected chi connectivity index (χ3v) is 7.38. The summed E-state index contributed by atoms with van der Waals surface area (Å²) in [6.45, 7) is 7.66. The van der Waals surface area contributed by atoms with E-state index < -0.39 is 6.29 Å². The zero-order valence-corrected chi connectivity index (χ0v) is 21.3. The number of aryl methyl sites for hydroxylation is 1. The SMILES string of the molecule is CCC1=C(Cn2ccnc2C)C=CC(=NC2N=CCC(C3=CC(C#N)C(N4CCCC4)=NC3)=N2)CC1. The molecular formula is C28H34N8. The Bertz CT molecular complexity index is 1240. The number of allylic oxidation sites excluding steroid dienone is 4. The molecule has 4 heterocycles. The molecule has 4 aliphatic rings. The molecule has 1 saturated heterocycles. The molecule has 0 bridgehead atoms. The van der Waals surface area contributed by atoms with Crippen LogP contribution in [0.15, 0.2) is 67.3 Å². The highest BCUT2D eigenvalue weighted by Gasteiger charge is 2.27. The van der Waals surface area contributed by atoms with Gasteiger partial charge in [-0.25, -0.2) is 20.0 Å². The predicted molar refractivity (Wildman–Crippen MR) is 145 cm³/mol. The lowest BCUT2D eigenvalue weighted by atomic mass is 9.97. The van der Waals surface area contributed by atoms with Gasteiger partial charge in [-0.1, -0.05) is 24.6 Å². The molecule has 1 aliphatic carbocycles. The minimum atomic E-state index is -0.471. The Morgan fingerprint density at radius 2 is 2.06 bits per heavy atom. The highest BCUT2D eigenvalue weighted by molar-refractivity contribution is 6.10. The van der Waals surface area contributed by atoms with Crippen molar-refractivity contribution in [3.05, 3.63) is 53.2 Å². The molecule has 8 nitrogen and oxygen atoms in total. The van der Waals surface area contributed by atoms with Gasteiger partial charge in [-0.2, -0.15) is 5.26 Å². The number of nitrogens with zero attached hydrogens (tertiary/aromatic N) is 8. The zero-order chi connectivity index (χ0) is 24.9. The number of amidine groups is 1. The van der Waals surface area contributed by atoms with E-state index >= 15 is 0 Å². The topological polar surface area (TPSA) is 94.3 Å². The summed E-state index contributed by atoms with van der Waals surface area (Å²) in [4.78, 5) is 25.7. The largest absolute Gasteiger partial charge is 0.359 e. The van der Waals surface area contributed by atoms with Crippen LogP contribution in [0.3, 0.4) is 0 Å². The summed E-state index contributed by atoms with van der Waals surface area (Å²) in [5.74, 6) is 1.64. The summed E-state index contributed by atoms with van der Waals surface area (Å²) in [7, 11) is 0. The second-order valence-corrected chi connectivity index (χ2v) is 9.66. The number of likely N-dealkylation sites (tertiary alicyclic amines) is 1. The van der Waals surface area contributed by atoms with E-state index in [0.29, 0.717) is 13.0 Å². The fourth-order valence-corrected chi connectivity index (χ4v) is 5.27. The molecule has 1 aromatic heterocycles. The van der Waals surface area contributed by atoms with Gasteiger partial charge in [-0.05, 0) is 56.3 Å². The monoisotopic (exact) mass is 482 g/mol. The van der Waals surface area contributed by atoms with E-state index in [9.17, 15) is 5.26 Å². The van der Waals surface area contributed by atoms with Crippen LogP contribution in [-0.4, -0.2) is 63.8 Å². The Morgan fingerprint density at radius 1 is 1.19 bits per heavy atom. The van der Waals surface area contributed by atoms with Crippen LogP contribution in [0, 0.1) is 24.2 Å². The van der Waals surface area contributed by atoms with Crippen molar-refractivity contribution >= 4 is 23.5 Å². The molecule has 2 atom stereocenters. The first-order valence-electron chi connectivity index (χ1n) is 13.1. The van der Waals surface area contributed by atoms with E-state index in [1.165, 1.54) is 24.0 Å². The highest BCUT2D eigenvalue weighted by Crippen LogP contribution is 2.25. The van der Waals surface area contributed by atoms with Gasteiger partial charge in [-0.3, -0.25) is 4.99 Å². The second-order valence-electron chi connectivity index (χ2n) is 9.66. The fourth-order valence-electron chi connectivity index (χ4n) is 5.27. The first kappa shape index (κ1) is 24.1. The molecule has 36 heavy (non-hydrogen) atoms. The quantitative estimate of drug-likeness (QED) is 0.620. The first-order chi connectivity index (χ1) is 17.6. The summed E-state index contributed by atoms with van der Waals surface area (Å²) >= 11 is 0. The second kappa shape index (κ2) is 11.0. The van der Waals surface area contributed by atoms with E-state index in [1.54, 1.807) is 0 Å². The van der Waals surface area contributed by atoms with Gasteiger partial charge in [0.2, 0.25) is 6.29 Å². The summed E-state index contributed by atoms with van der Waals surface area (Å²) in [5, 5.41) is 9.79. The first-order valence-corrected chi connectivity index (χ1v) is 13.1. The average molecular weight is 483 g/mol. The number of nitriles is 1. The zero-order valence-electron chi connectivity index (χ0n) is 21.3. The number of imidazole rings is 1. The minimum absolute atomic E-state index is 0.306. The summed E-state index contributed by atoms with van der Waals surface area (Å²) < 4.78 is 2.18. The average Bonchev–Trinajstić information content (AvgIpc) is 3.54. The number of hydrogen-bond acceptors (Lipinski definition) is 7. The van der Waals surface area contributed by atoms with Crippen molar-refractivity contribution in [3.8, 4) is 6.07 Å². The predicted octanol–water partition coefficient (Wildman–Crippen LogP) is 4.46. The van der Waals surface area contributed by atoms with Crippen molar-refractivity contribution in [2.24, 2.45) is 25.9 Å². The van der Waals surface area contributed by atoms with E-state index in [-0.39, 0.29) is 5.92 Å². The lowest BCUT2D eigenvalue weighted by Gasteiger charge is -2.26. The summed E-state index contributed by atoms with van der Waals surface area (Å²) in [6.07, 6.45) is 17.6. The number of aromatic nitrogens is 2. The van der Waals surface area contributed by atoms with Gasteiger partial charge in [-0.15, -0.1) is 0 Å². The minimum Gasteiger partial charge on any atom is -0.359 e. The third-order valence-electron chi connectivity index (χ3n) is 7.38. The molecule has 0 amide bonds. The number of rotatable bonds is 5. The molecule has 0 spiro atoms. The van der Waals surface area contributed by atoms with Crippen LogP contribution in [0.4, 0.5) is 0 Å². The van der Waals surface area contributed by atoms with Crippen molar-refractivity contribution in [2.45, 2.75) is 65.2 Å². The number of hydrogen-bond donors (Lipinski definition) is 0. The molecule has 0 aromatic carbocycles. The van der Waals surface area contributed by atoms with E-state index in [1.807, 2.05) is 25.5 Å². The maximum atomic E-state index is 9.79. The van der Waals surface area contributed by atoms with Gasteiger partial charge in [0.1, 0.15) is 17.6 Å². The smallest absolute Gasteiger partial charge is 0.233 e. The summed E-state index contributed by atoms with van der Waals surface area (Å²) in [5.41, 5.74) is 5.80. The van der Waals surface area contributed by atoms with Crippen molar-refractivity contribution in [1.29, 1.82) is 5.26 Å². The molecule has 3 aliphatic heterocycles. The summed E-state index contributed by atoms with van der Waals surface area (Å²) in [6, 6.07) is 2.43. The van der Waals surface area contributed by atoms with Crippen molar-refractivity contribution in [2.75, 3.05) is 19.6 Å². The van der Waals surface area contributed by atoms with E-state index in [0.717, 1.165) is 67.6 Å². The van der Waals surface area contributed by atoms with Crippen LogP contribution in [0.1, 0.15) is 51.3 Å². The van der Waals surface area contributed by atoms with Gasteiger partial charge in [0.15, 0.2) is 0 Å². The van der Waals surface area contributed by atoms with Crippen LogP contribution in [0.2, 0.25) is 0 Å². The molecule has 186 valence electrons. The molecular weight excluding hydrogens is 448 g/mol. The van der Waals surface area contributed by atoms with Gasteiger partial charge in [0, 0.05) is 56.1 Å². The molecule has 1 aromatic rings. The van der Waals surface area contributed by atoms with Gasteiger partial charge >= 0.3 is 0 Å². The van der Waals surface area contributed by atoms with Gasteiger partial charge in [0.05, 0.1) is 12.6 Å². The maximum Gasteiger partial charge on any atom is 0.233 e. The molecule has 1 fully saturated rings. The Labute approximate surface area is 213 Å². The molecule has 0 N–H and O–H groups in total. The highest BCUT2D eigenvalue weighted by atomic mass is 15.2. The lowest BCUT2D eigenvalue weighted by molar-refractivity contribution is 0.498. The van der Waals surface area contributed by atoms with Crippen LogP contribution < -0.4 is 0 Å². The van der Waals surface area contributed by atoms with Crippen LogP contribution >= 0.6 is 0 Å². The molecule has 0 radical (unpaired) electrons. The van der Waals surface area contributed by atoms with Crippen molar-refractivity contribution < 1.29 is 0 Å². The maximum absolute atomic E-state index is 9.79. The Balaban J connectivity index is 1.30.